The molecule has 0 aromatic heterocycles. The molecule has 254 valence electrons. The molecule has 5 nitrogen and oxygen atoms in total. The number of allylic oxidation sites excluding steroid dienone is 2. The smallest absolute Gasteiger partial charge is 0.118 e. The van der Waals surface area contributed by atoms with Crippen molar-refractivity contribution >= 4 is 34.1 Å². The van der Waals surface area contributed by atoms with Gasteiger partial charge in [0, 0.05) is 10.8 Å². The van der Waals surface area contributed by atoms with Gasteiger partial charge >= 0.3 is 0 Å². The molecule has 0 heterocycles. The summed E-state index contributed by atoms with van der Waals surface area (Å²) >= 11 is 0. The summed E-state index contributed by atoms with van der Waals surface area (Å²) in [4.78, 5) is 0. The van der Waals surface area contributed by atoms with Gasteiger partial charge in [0.05, 0.1) is 48.0 Å². The molecule has 0 spiro atoms. The van der Waals surface area contributed by atoms with E-state index in [0.29, 0.717) is 11.1 Å². The van der Waals surface area contributed by atoms with Crippen LogP contribution in [0, 0.1) is 22.7 Å². The molecule has 0 saturated heterocycles. The summed E-state index contributed by atoms with van der Waals surface area (Å²) in [5.74, 6) is 1.45. The van der Waals surface area contributed by atoms with Crippen LogP contribution in [-0.2, 0) is 10.8 Å². The first-order chi connectivity index (χ1) is 25.5. The van der Waals surface area contributed by atoms with Crippen LogP contribution in [0.25, 0.3) is 23.3 Å². The first-order valence-electron chi connectivity index (χ1n) is 16.7. The number of rotatable bonds is 12. The van der Waals surface area contributed by atoms with Crippen molar-refractivity contribution in [3.63, 3.8) is 0 Å². The summed E-state index contributed by atoms with van der Waals surface area (Å²) < 4.78 is 25.7. The van der Waals surface area contributed by atoms with E-state index >= 15 is 4.21 Å². The highest BCUT2D eigenvalue weighted by atomic mass is 32.2. The van der Waals surface area contributed by atoms with Crippen molar-refractivity contribution in [2.75, 3.05) is 14.2 Å². The largest absolute Gasteiger partial charge is 0.497 e. The zero-order valence-corrected chi connectivity index (χ0v) is 29.7. The molecule has 6 rings (SSSR count). The summed E-state index contributed by atoms with van der Waals surface area (Å²) in [6.07, 6.45) is 3.71. The lowest BCUT2D eigenvalue weighted by atomic mass is 10.00. The topological polar surface area (TPSA) is 83.1 Å². The highest BCUT2D eigenvalue weighted by Gasteiger charge is 2.30. The Bertz CT molecular complexity index is 2100. The van der Waals surface area contributed by atoms with E-state index in [-0.39, 0.29) is 0 Å². The molecule has 0 aliphatic carbocycles. The average molecular weight is 697 g/mol. The van der Waals surface area contributed by atoms with Crippen molar-refractivity contribution in [2.45, 2.75) is 10.5 Å². The fourth-order valence-corrected chi connectivity index (χ4v) is 8.06. The van der Waals surface area contributed by atoms with Crippen LogP contribution in [0.2, 0.25) is 0 Å². The fourth-order valence-electron chi connectivity index (χ4n) is 6.08. The Morgan fingerprint density at radius 1 is 0.500 bits per heavy atom. The standard InChI is InChI=1S/C46H36N2O3S/c1-50-43-25-21-35(22-26-43)41(31-47)29-33-13-17-39(18-14-33)45(37-9-5-3-6-10-37)52(49)46(38-11-7-4-8-12-38)40-19-15-34(16-20-40)30-42(32-48)36-23-27-44(51-2)28-24-36/h3-30,45-46H,1-2H3. The molecule has 6 heteroatoms. The van der Waals surface area contributed by atoms with Crippen molar-refractivity contribution in [1.29, 1.82) is 10.5 Å². The minimum atomic E-state index is -1.46. The average Bonchev–Trinajstić information content (AvgIpc) is 3.21. The lowest BCUT2D eigenvalue weighted by Crippen LogP contribution is -2.17. The van der Waals surface area contributed by atoms with E-state index in [0.717, 1.165) is 56.0 Å². The van der Waals surface area contributed by atoms with Crippen LogP contribution < -0.4 is 9.47 Å². The van der Waals surface area contributed by atoms with E-state index < -0.39 is 21.3 Å². The lowest BCUT2D eigenvalue weighted by molar-refractivity contribution is 0.414. The molecule has 0 saturated carbocycles. The van der Waals surface area contributed by atoms with Gasteiger partial charge in [0.2, 0.25) is 0 Å². The van der Waals surface area contributed by atoms with Gasteiger partial charge in [-0.3, -0.25) is 4.21 Å². The lowest BCUT2D eigenvalue weighted by Gasteiger charge is -2.25. The van der Waals surface area contributed by atoms with Crippen LogP contribution in [0.4, 0.5) is 0 Å². The van der Waals surface area contributed by atoms with Crippen LogP contribution in [0.15, 0.2) is 158 Å². The number of nitrogens with zero attached hydrogens (tertiary/aromatic N) is 2. The van der Waals surface area contributed by atoms with Crippen LogP contribution in [0.5, 0.6) is 11.5 Å². The van der Waals surface area contributed by atoms with E-state index in [1.165, 1.54) is 0 Å². The maximum absolute atomic E-state index is 15.1. The van der Waals surface area contributed by atoms with Gasteiger partial charge in [0.25, 0.3) is 0 Å². The number of hydrogen-bond donors (Lipinski definition) is 0. The minimum Gasteiger partial charge on any atom is -0.497 e. The van der Waals surface area contributed by atoms with Crippen molar-refractivity contribution in [3.05, 3.63) is 202 Å². The molecule has 6 aromatic rings. The normalized spacial score (nSPS) is 13.2. The number of benzene rings is 6. The molecule has 2 atom stereocenters. The first-order valence-corrected chi connectivity index (χ1v) is 18.0. The van der Waals surface area contributed by atoms with E-state index in [2.05, 4.69) is 12.1 Å². The van der Waals surface area contributed by atoms with Crippen LogP contribution in [-0.4, -0.2) is 18.4 Å². The molecule has 0 radical (unpaired) electrons. The minimum absolute atomic E-state index is 0.443. The van der Waals surface area contributed by atoms with E-state index in [1.54, 1.807) is 14.2 Å². The summed E-state index contributed by atoms with van der Waals surface area (Å²) in [6.45, 7) is 0. The summed E-state index contributed by atoms with van der Waals surface area (Å²) in [6, 6.07) is 55.2. The zero-order chi connectivity index (χ0) is 36.3. The summed E-state index contributed by atoms with van der Waals surface area (Å²) in [7, 11) is 1.76. The van der Waals surface area contributed by atoms with Crippen LogP contribution in [0.3, 0.4) is 0 Å². The molecule has 0 amide bonds. The second-order valence-corrected chi connectivity index (χ2v) is 13.6. The Kier molecular flexibility index (Phi) is 11.5. The molecular formula is C46H36N2O3S. The van der Waals surface area contributed by atoms with Gasteiger partial charge in [0.15, 0.2) is 0 Å². The predicted octanol–water partition coefficient (Wildman–Crippen LogP) is 10.5. The Morgan fingerprint density at radius 3 is 1.13 bits per heavy atom. The van der Waals surface area contributed by atoms with Crippen molar-refractivity contribution < 1.29 is 13.7 Å². The second-order valence-electron chi connectivity index (χ2n) is 12.0. The third kappa shape index (κ3) is 8.28. The Balaban J connectivity index is 1.35. The molecule has 0 aliphatic rings. The molecule has 2 unspecified atom stereocenters. The molecule has 0 bridgehead atoms. The predicted molar refractivity (Wildman–Crippen MR) is 211 cm³/mol. The van der Waals surface area contributed by atoms with Crippen LogP contribution >= 0.6 is 0 Å². The Morgan fingerprint density at radius 2 is 0.827 bits per heavy atom. The third-order valence-electron chi connectivity index (χ3n) is 8.81. The highest BCUT2D eigenvalue weighted by molar-refractivity contribution is 7.86. The van der Waals surface area contributed by atoms with Gasteiger partial charge < -0.3 is 9.47 Å². The highest BCUT2D eigenvalue weighted by Crippen LogP contribution is 2.40. The summed E-state index contributed by atoms with van der Waals surface area (Å²) in [5.41, 5.74) is 8.09. The van der Waals surface area contributed by atoms with E-state index in [1.807, 2.05) is 170 Å². The number of nitriles is 2. The molecule has 6 aromatic carbocycles. The first kappa shape index (κ1) is 35.4. The Labute approximate surface area is 307 Å². The van der Waals surface area contributed by atoms with E-state index in [9.17, 15) is 10.5 Å². The van der Waals surface area contributed by atoms with Gasteiger partial charge in [-0.1, -0.05) is 109 Å². The monoisotopic (exact) mass is 696 g/mol. The number of methoxy groups -OCH3 is 2. The fraction of sp³-hybridized carbons (Fsp3) is 0.0870. The van der Waals surface area contributed by atoms with Gasteiger partial charge in [-0.15, -0.1) is 0 Å². The maximum atomic E-state index is 15.1. The maximum Gasteiger partial charge on any atom is 0.118 e. The van der Waals surface area contributed by atoms with Gasteiger partial charge in [0.1, 0.15) is 11.5 Å². The molecule has 52 heavy (non-hydrogen) atoms. The van der Waals surface area contributed by atoms with Gasteiger partial charge in [-0.2, -0.15) is 10.5 Å². The number of ether oxygens (including phenoxy) is 2. The second kappa shape index (κ2) is 17.0. The van der Waals surface area contributed by atoms with E-state index in [4.69, 9.17) is 9.47 Å². The summed E-state index contributed by atoms with van der Waals surface area (Å²) in [5, 5.41) is 19.0. The third-order valence-corrected chi connectivity index (χ3v) is 10.8. The molecule has 0 aliphatic heterocycles. The van der Waals surface area contributed by atoms with Gasteiger partial charge in [-0.25, -0.2) is 0 Å². The quantitative estimate of drug-likeness (QED) is 0.0939. The Hall–Kier alpha value is -6.47. The van der Waals surface area contributed by atoms with Crippen molar-refractivity contribution in [3.8, 4) is 23.6 Å². The molecule has 0 fully saturated rings. The van der Waals surface area contributed by atoms with Crippen LogP contribution in [0.1, 0.15) is 55.0 Å². The zero-order valence-electron chi connectivity index (χ0n) is 28.8. The van der Waals surface area contributed by atoms with Crippen molar-refractivity contribution in [2.24, 2.45) is 0 Å². The molecular weight excluding hydrogens is 661 g/mol. The molecule has 0 N–H and O–H groups in total. The SMILES string of the molecule is COc1ccc(C(C#N)=Cc2ccc(C(c3ccccc3)S(=O)C(c3ccccc3)c3ccc(C=C(C#N)c4ccc(OC)cc4)cc3)cc2)cc1. The number of hydrogen-bond acceptors (Lipinski definition) is 5. The van der Waals surface area contributed by atoms with Crippen molar-refractivity contribution in [1.82, 2.24) is 0 Å². The van der Waals surface area contributed by atoms with Gasteiger partial charge in [-0.05, 0) is 105 Å².